The van der Waals surface area contributed by atoms with Crippen LogP contribution in [0.25, 0.3) is 0 Å². The molecule has 1 aromatic heterocycles. The number of nitrogens with zero attached hydrogens (tertiary/aromatic N) is 1. The number of hydrogen-bond donors (Lipinski definition) is 1. The molecule has 0 aliphatic heterocycles. The molecule has 0 aromatic carbocycles. The van der Waals surface area contributed by atoms with Gasteiger partial charge in [-0.3, -0.25) is 0 Å². The molecule has 4 nitrogen and oxygen atoms in total. The quantitative estimate of drug-likeness (QED) is 0.729. The molecular weight excluding hydrogens is 336 g/mol. The Morgan fingerprint density at radius 3 is 2.56 bits per heavy atom. The molecule has 0 aliphatic carbocycles. The molecule has 0 fully saturated rings. The van der Waals surface area contributed by atoms with Crippen LogP contribution in [0.3, 0.4) is 0 Å². The lowest BCUT2D eigenvalue weighted by Gasteiger charge is -2.17. The van der Waals surface area contributed by atoms with E-state index in [0.717, 1.165) is 26.1 Å². The largest absolute Gasteiger partial charge is 0.304 e. The monoisotopic (exact) mass is 354 g/mol. The van der Waals surface area contributed by atoms with Gasteiger partial charge in [-0.05, 0) is 53.4 Å². The number of halogens is 1. The summed E-state index contributed by atoms with van der Waals surface area (Å²) in [4.78, 5) is 2.27. The third-order valence-corrected chi connectivity index (χ3v) is 6.80. The van der Waals surface area contributed by atoms with Crippen LogP contribution in [0.5, 0.6) is 0 Å². The summed E-state index contributed by atoms with van der Waals surface area (Å²) in [5.74, 6) is 0. The highest BCUT2D eigenvalue weighted by atomic mass is 79.9. The molecule has 0 atom stereocenters. The second kappa shape index (κ2) is 7.59. The van der Waals surface area contributed by atoms with Crippen molar-refractivity contribution in [3.8, 4) is 0 Å². The molecule has 0 amide bonds. The van der Waals surface area contributed by atoms with Gasteiger partial charge in [-0.15, -0.1) is 11.3 Å². The summed E-state index contributed by atoms with van der Waals surface area (Å²) in [5.41, 5.74) is 0. The third-order valence-electron chi connectivity index (χ3n) is 2.67. The predicted octanol–water partition coefficient (Wildman–Crippen LogP) is 2.52. The van der Waals surface area contributed by atoms with Crippen LogP contribution in [-0.2, 0) is 10.0 Å². The summed E-state index contributed by atoms with van der Waals surface area (Å²) >= 11 is 4.46. The predicted molar refractivity (Wildman–Crippen MR) is 79.6 cm³/mol. The van der Waals surface area contributed by atoms with Crippen LogP contribution in [-0.4, -0.2) is 39.5 Å². The van der Waals surface area contributed by atoms with E-state index in [1.54, 1.807) is 11.4 Å². The molecule has 0 aliphatic rings. The van der Waals surface area contributed by atoms with Gasteiger partial charge in [0.25, 0.3) is 10.0 Å². The number of rotatable bonds is 8. The summed E-state index contributed by atoms with van der Waals surface area (Å²) in [6.07, 6.45) is 0.823. The van der Waals surface area contributed by atoms with E-state index in [4.69, 9.17) is 0 Å². The Morgan fingerprint density at radius 1 is 1.39 bits per heavy atom. The van der Waals surface area contributed by atoms with Crippen LogP contribution in [0, 0.1) is 0 Å². The van der Waals surface area contributed by atoms with Crippen molar-refractivity contribution >= 4 is 37.3 Å². The van der Waals surface area contributed by atoms with Crippen LogP contribution >= 0.6 is 27.3 Å². The lowest BCUT2D eigenvalue weighted by atomic mass is 10.4. The first kappa shape index (κ1) is 16.1. The van der Waals surface area contributed by atoms with E-state index in [-0.39, 0.29) is 0 Å². The topological polar surface area (TPSA) is 49.4 Å². The summed E-state index contributed by atoms with van der Waals surface area (Å²) in [5, 5.41) is 1.76. The molecule has 1 heterocycles. The molecular formula is C11H19BrN2O2S2. The first-order valence-electron chi connectivity index (χ1n) is 5.96. The zero-order valence-electron chi connectivity index (χ0n) is 10.6. The molecule has 0 spiro atoms. The number of hydrogen-bond acceptors (Lipinski definition) is 4. The van der Waals surface area contributed by atoms with Crippen LogP contribution in [0.15, 0.2) is 20.1 Å². The van der Waals surface area contributed by atoms with Gasteiger partial charge in [-0.1, -0.05) is 13.8 Å². The molecule has 0 unspecified atom stereocenters. The Balaban J connectivity index is 2.42. The highest BCUT2D eigenvalue weighted by Crippen LogP contribution is 2.27. The fourth-order valence-electron chi connectivity index (χ4n) is 1.59. The van der Waals surface area contributed by atoms with Gasteiger partial charge in [0.1, 0.15) is 4.21 Å². The van der Waals surface area contributed by atoms with E-state index in [9.17, 15) is 8.42 Å². The maximum atomic E-state index is 12.0. The Morgan fingerprint density at radius 2 is 2.06 bits per heavy atom. The first-order chi connectivity index (χ1) is 8.51. The van der Waals surface area contributed by atoms with E-state index in [0.29, 0.717) is 15.2 Å². The number of sulfonamides is 1. The molecule has 7 heteroatoms. The summed E-state index contributed by atoms with van der Waals surface area (Å²) in [6.45, 7) is 7.61. The van der Waals surface area contributed by atoms with Gasteiger partial charge in [0.15, 0.2) is 0 Å². The lowest BCUT2D eigenvalue weighted by Crippen LogP contribution is -2.29. The minimum absolute atomic E-state index is 0.352. The molecule has 1 N–H and O–H groups in total. The summed E-state index contributed by atoms with van der Waals surface area (Å²) in [6, 6.07) is 1.75. The van der Waals surface area contributed by atoms with Gasteiger partial charge in [0, 0.05) is 11.0 Å². The van der Waals surface area contributed by atoms with E-state index in [2.05, 4.69) is 39.4 Å². The lowest BCUT2D eigenvalue weighted by molar-refractivity contribution is 0.300. The van der Waals surface area contributed by atoms with E-state index in [1.165, 1.54) is 11.3 Å². The van der Waals surface area contributed by atoms with Crippen molar-refractivity contribution in [2.24, 2.45) is 0 Å². The summed E-state index contributed by atoms with van der Waals surface area (Å²) < 4.78 is 27.5. The van der Waals surface area contributed by atoms with Crippen molar-refractivity contribution in [1.29, 1.82) is 0 Å². The van der Waals surface area contributed by atoms with Gasteiger partial charge < -0.3 is 4.90 Å². The fraction of sp³-hybridized carbons (Fsp3) is 0.636. The maximum Gasteiger partial charge on any atom is 0.251 e. The van der Waals surface area contributed by atoms with Crippen LogP contribution in [0.1, 0.15) is 20.3 Å². The highest BCUT2D eigenvalue weighted by molar-refractivity contribution is 9.10. The van der Waals surface area contributed by atoms with Gasteiger partial charge >= 0.3 is 0 Å². The smallest absolute Gasteiger partial charge is 0.251 e. The molecule has 0 saturated heterocycles. The normalized spacial score (nSPS) is 12.2. The zero-order chi connectivity index (χ0) is 13.6. The Bertz CT molecular complexity index is 455. The molecule has 1 rings (SSSR count). The molecule has 104 valence electrons. The minimum atomic E-state index is -3.36. The minimum Gasteiger partial charge on any atom is -0.304 e. The van der Waals surface area contributed by atoms with Crippen molar-refractivity contribution in [3.05, 3.63) is 15.9 Å². The average molecular weight is 355 g/mol. The van der Waals surface area contributed by atoms with Gasteiger partial charge in [0.05, 0.1) is 0 Å². The number of thiophene rings is 1. The van der Waals surface area contributed by atoms with E-state index >= 15 is 0 Å². The first-order valence-corrected chi connectivity index (χ1v) is 9.11. The van der Waals surface area contributed by atoms with Crippen LogP contribution < -0.4 is 4.72 Å². The molecule has 0 bridgehead atoms. The standard InChI is InChI=1S/C11H19BrN2O2S2/c1-3-14(4-2)8-5-7-13-18(15,16)11-10(12)6-9-17-11/h6,9,13H,3-5,7-8H2,1-2H3. The summed E-state index contributed by atoms with van der Waals surface area (Å²) in [7, 11) is -3.36. The maximum absolute atomic E-state index is 12.0. The van der Waals surface area contributed by atoms with Crippen molar-refractivity contribution in [2.75, 3.05) is 26.2 Å². The molecule has 0 saturated carbocycles. The second-order valence-electron chi connectivity index (χ2n) is 3.83. The average Bonchev–Trinajstić information content (AvgIpc) is 2.76. The van der Waals surface area contributed by atoms with E-state index in [1.807, 2.05) is 0 Å². The van der Waals surface area contributed by atoms with Crippen molar-refractivity contribution in [1.82, 2.24) is 9.62 Å². The molecule has 18 heavy (non-hydrogen) atoms. The Kier molecular flexibility index (Phi) is 6.79. The Labute approximate surface area is 122 Å². The van der Waals surface area contributed by atoms with Gasteiger partial charge in [0.2, 0.25) is 0 Å². The fourth-order valence-corrected chi connectivity index (χ4v) is 5.04. The molecule has 1 aromatic rings. The number of nitrogens with one attached hydrogen (secondary N) is 1. The zero-order valence-corrected chi connectivity index (χ0v) is 13.9. The van der Waals surface area contributed by atoms with Gasteiger partial charge in [-0.2, -0.15) is 0 Å². The van der Waals surface area contributed by atoms with Crippen LogP contribution in [0.2, 0.25) is 0 Å². The highest BCUT2D eigenvalue weighted by Gasteiger charge is 2.18. The third kappa shape index (κ3) is 4.62. The van der Waals surface area contributed by atoms with Gasteiger partial charge in [-0.25, -0.2) is 13.1 Å². The van der Waals surface area contributed by atoms with Crippen molar-refractivity contribution in [2.45, 2.75) is 24.5 Å². The van der Waals surface area contributed by atoms with Crippen molar-refractivity contribution in [3.63, 3.8) is 0 Å². The second-order valence-corrected chi connectivity index (χ2v) is 7.57. The van der Waals surface area contributed by atoms with Crippen molar-refractivity contribution < 1.29 is 8.42 Å². The SMILES string of the molecule is CCN(CC)CCCNS(=O)(=O)c1sccc1Br. The Hall–Kier alpha value is 0.0500. The van der Waals surface area contributed by atoms with Crippen LogP contribution in [0.4, 0.5) is 0 Å². The molecule has 0 radical (unpaired) electrons. The van der Waals surface area contributed by atoms with E-state index < -0.39 is 10.0 Å².